The maximum absolute atomic E-state index is 10.8. The van der Waals surface area contributed by atoms with Crippen molar-refractivity contribution in [3.8, 4) is 22.9 Å². The SMILES string of the molecule is O=C(O)c1ccc(-c2nnc(-c3ccc(Cl)c(Cl)c3)o2)cc1. The maximum Gasteiger partial charge on any atom is 0.335 e. The van der Waals surface area contributed by atoms with Gasteiger partial charge in [0.05, 0.1) is 15.6 Å². The molecule has 1 aromatic heterocycles. The molecule has 5 nitrogen and oxygen atoms in total. The predicted molar refractivity (Wildman–Crippen MR) is 82.1 cm³/mol. The van der Waals surface area contributed by atoms with E-state index in [2.05, 4.69) is 10.2 Å². The zero-order valence-corrected chi connectivity index (χ0v) is 12.5. The second-order valence-corrected chi connectivity index (χ2v) is 5.24. The minimum atomic E-state index is -0.992. The summed E-state index contributed by atoms with van der Waals surface area (Å²) in [5.74, 6) is -0.400. The monoisotopic (exact) mass is 334 g/mol. The van der Waals surface area contributed by atoms with E-state index >= 15 is 0 Å². The predicted octanol–water partition coefficient (Wildman–Crippen LogP) is 4.41. The lowest BCUT2D eigenvalue weighted by Gasteiger charge is -1.98. The fourth-order valence-electron chi connectivity index (χ4n) is 1.84. The third-order valence-corrected chi connectivity index (χ3v) is 3.71. The van der Waals surface area contributed by atoms with E-state index in [1.807, 2.05) is 0 Å². The van der Waals surface area contributed by atoms with E-state index in [0.717, 1.165) is 0 Å². The van der Waals surface area contributed by atoms with Gasteiger partial charge in [0.2, 0.25) is 11.8 Å². The Morgan fingerprint density at radius 3 is 2.09 bits per heavy atom. The molecule has 0 saturated heterocycles. The van der Waals surface area contributed by atoms with Gasteiger partial charge in [-0.25, -0.2) is 4.79 Å². The van der Waals surface area contributed by atoms with Crippen molar-refractivity contribution in [1.29, 1.82) is 0 Å². The number of hydrogen-bond donors (Lipinski definition) is 1. The fourth-order valence-corrected chi connectivity index (χ4v) is 2.14. The fraction of sp³-hybridized carbons (Fsp3) is 0. The molecule has 1 heterocycles. The van der Waals surface area contributed by atoms with Crippen LogP contribution in [0.15, 0.2) is 46.9 Å². The highest BCUT2D eigenvalue weighted by Gasteiger charge is 2.12. The zero-order chi connectivity index (χ0) is 15.7. The van der Waals surface area contributed by atoms with Crippen LogP contribution < -0.4 is 0 Å². The van der Waals surface area contributed by atoms with Crippen LogP contribution in [0.3, 0.4) is 0 Å². The van der Waals surface area contributed by atoms with Crippen LogP contribution in [0.2, 0.25) is 10.0 Å². The minimum Gasteiger partial charge on any atom is -0.478 e. The van der Waals surface area contributed by atoms with Crippen molar-refractivity contribution in [1.82, 2.24) is 10.2 Å². The number of benzene rings is 2. The Morgan fingerprint density at radius 2 is 1.50 bits per heavy atom. The molecule has 0 spiro atoms. The van der Waals surface area contributed by atoms with Crippen LogP contribution in [0, 0.1) is 0 Å². The van der Waals surface area contributed by atoms with Crippen LogP contribution in [0.1, 0.15) is 10.4 Å². The summed E-state index contributed by atoms with van der Waals surface area (Å²) >= 11 is 11.8. The lowest BCUT2D eigenvalue weighted by atomic mass is 10.1. The smallest absolute Gasteiger partial charge is 0.335 e. The van der Waals surface area contributed by atoms with Gasteiger partial charge in [0, 0.05) is 11.1 Å². The van der Waals surface area contributed by atoms with Crippen LogP contribution in [0.5, 0.6) is 0 Å². The number of aromatic nitrogens is 2. The van der Waals surface area contributed by atoms with Gasteiger partial charge >= 0.3 is 5.97 Å². The van der Waals surface area contributed by atoms with Gasteiger partial charge < -0.3 is 9.52 Å². The molecule has 7 heteroatoms. The van der Waals surface area contributed by atoms with E-state index in [4.69, 9.17) is 32.7 Å². The quantitative estimate of drug-likeness (QED) is 0.767. The summed E-state index contributed by atoms with van der Waals surface area (Å²) in [5, 5.41) is 17.6. The van der Waals surface area contributed by atoms with Crippen molar-refractivity contribution in [2.45, 2.75) is 0 Å². The van der Waals surface area contributed by atoms with Crippen LogP contribution in [-0.4, -0.2) is 21.3 Å². The molecule has 0 bridgehead atoms. The van der Waals surface area contributed by atoms with Crippen LogP contribution in [0.4, 0.5) is 0 Å². The Balaban J connectivity index is 1.93. The molecule has 1 N–H and O–H groups in total. The zero-order valence-electron chi connectivity index (χ0n) is 11.0. The molecular weight excluding hydrogens is 327 g/mol. The van der Waals surface area contributed by atoms with Gasteiger partial charge in [-0.05, 0) is 42.5 Å². The van der Waals surface area contributed by atoms with Crippen molar-refractivity contribution >= 4 is 29.2 Å². The summed E-state index contributed by atoms with van der Waals surface area (Å²) in [6.45, 7) is 0. The number of carboxylic acids is 1. The van der Waals surface area contributed by atoms with Crippen molar-refractivity contribution in [2.24, 2.45) is 0 Å². The first-order valence-corrected chi connectivity index (χ1v) is 6.93. The molecule has 3 aromatic rings. The van der Waals surface area contributed by atoms with Gasteiger partial charge in [0.1, 0.15) is 0 Å². The molecule has 110 valence electrons. The molecule has 3 rings (SSSR count). The average Bonchev–Trinajstić information content (AvgIpc) is 3.00. The van der Waals surface area contributed by atoms with Crippen molar-refractivity contribution in [3.63, 3.8) is 0 Å². The third-order valence-electron chi connectivity index (χ3n) is 2.97. The number of carboxylic acid groups (broad SMARTS) is 1. The Labute approximate surface area is 135 Å². The first kappa shape index (κ1) is 14.6. The Bertz CT molecular complexity index is 844. The van der Waals surface area contributed by atoms with E-state index in [-0.39, 0.29) is 11.5 Å². The molecule has 0 amide bonds. The minimum absolute atomic E-state index is 0.188. The highest BCUT2D eigenvalue weighted by atomic mass is 35.5. The number of rotatable bonds is 3. The van der Waals surface area contributed by atoms with E-state index < -0.39 is 5.97 Å². The van der Waals surface area contributed by atoms with Crippen molar-refractivity contribution in [2.75, 3.05) is 0 Å². The summed E-state index contributed by atoms with van der Waals surface area (Å²) in [4.78, 5) is 10.8. The summed E-state index contributed by atoms with van der Waals surface area (Å²) in [5.41, 5.74) is 1.46. The molecule has 2 aromatic carbocycles. The van der Waals surface area contributed by atoms with Crippen LogP contribution >= 0.6 is 23.2 Å². The normalized spacial score (nSPS) is 10.6. The van der Waals surface area contributed by atoms with Crippen LogP contribution in [0.25, 0.3) is 22.9 Å². The molecule has 0 aliphatic carbocycles. The first-order chi connectivity index (χ1) is 10.5. The standard InChI is InChI=1S/C15H8Cl2N2O3/c16-11-6-5-10(7-12(11)17)14-19-18-13(22-14)8-1-3-9(4-2-8)15(20)21/h1-7H,(H,20,21). The number of hydrogen-bond acceptors (Lipinski definition) is 4. The Kier molecular flexibility index (Phi) is 3.83. The first-order valence-electron chi connectivity index (χ1n) is 6.17. The van der Waals surface area contributed by atoms with E-state index in [1.54, 1.807) is 30.3 Å². The molecule has 0 atom stereocenters. The van der Waals surface area contributed by atoms with E-state index in [1.165, 1.54) is 12.1 Å². The molecule has 0 saturated carbocycles. The van der Waals surface area contributed by atoms with Gasteiger partial charge in [-0.3, -0.25) is 0 Å². The van der Waals surface area contributed by atoms with E-state index in [9.17, 15) is 4.79 Å². The summed E-state index contributed by atoms with van der Waals surface area (Å²) in [6, 6.07) is 11.2. The number of halogens is 2. The summed E-state index contributed by atoms with van der Waals surface area (Å²) in [6.07, 6.45) is 0. The number of carbonyl (C=O) groups is 1. The Hall–Kier alpha value is -2.37. The molecule has 0 aliphatic rings. The largest absolute Gasteiger partial charge is 0.478 e. The molecule has 0 unspecified atom stereocenters. The van der Waals surface area contributed by atoms with Gasteiger partial charge in [-0.15, -0.1) is 10.2 Å². The van der Waals surface area contributed by atoms with Crippen molar-refractivity contribution in [3.05, 3.63) is 58.1 Å². The Morgan fingerprint density at radius 1 is 0.909 bits per heavy atom. The highest BCUT2D eigenvalue weighted by molar-refractivity contribution is 6.42. The molecule has 0 aliphatic heterocycles. The maximum atomic E-state index is 10.8. The lowest BCUT2D eigenvalue weighted by Crippen LogP contribution is -1.94. The highest BCUT2D eigenvalue weighted by Crippen LogP contribution is 2.29. The summed E-state index contributed by atoms with van der Waals surface area (Å²) < 4.78 is 5.58. The van der Waals surface area contributed by atoms with Gasteiger partial charge in [0.15, 0.2) is 0 Å². The third kappa shape index (κ3) is 2.81. The number of nitrogens with zero attached hydrogens (tertiary/aromatic N) is 2. The molecule has 22 heavy (non-hydrogen) atoms. The van der Waals surface area contributed by atoms with Crippen LogP contribution in [-0.2, 0) is 0 Å². The second kappa shape index (κ2) is 5.79. The van der Waals surface area contributed by atoms with Gasteiger partial charge in [0.25, 0.3) is 0 Å². The number of aromatic carboxylic acids is 1. The topological polar surface area (TPSA) is 76.2 Å². The average molecular weight is 335 g/mol. The van der Waals surface area contributed by atoms with Crippen molar-refractivity contribution < 1.29 is 14.3 Å². The van der Waals surface area contributed by atoms with Gasteiger partial charge in [-0.1, -0.05) is 23.2 Å². The summed E-state index contributed by atoms with van der Waals surface area (Å²) in [7, 11) is 0. The molecule has 0 fully saturated rings. The second-order valence-electron chi connectivity index (χ2n) is 4.42. The lowest BCUT2D eigenvalue weighted by molar-refractivity contribution is 0.0697. The van der Waals surface area contributed by atoms with Gasteiger partial charge in [-0.2, -0.15) is 0 Å². The molecule has 0 radical (unpaired) electrons. The van der Waals surface area contributed by atoms with E-state index in [0.29, 0.717) is 27.1 Å². The molecular formula is C15H8Cl2N2O3.